The highest BCUT2D eigenvalue weighted by Crippen LogP contribution is 2.34. The van der Waals surface area contributed by atoms with E-state index in [9.17, 15) is 4.79 Å². The Hall–Kier alpha value is -2.95. The molecule has 5 nitrogen and oxygen atoms in total. The molecular weight excluding hydrogens is 350 g/mol. The smallest absolute Gasteiger partial charge is 0.249 e. The summed E-state index contributed by atoms with van der Waals surface area (Å²) in [4.78, 5) is 19.0. The SMILES string of the molecule is Cc1ccc(CN2C(=O)CCC2c2nc(-c3ccc(C)c(C)c3)no2)cc1C. The Bertz CT molecular complexity index is 1040. The first-order valence-corrected chi connectivity index (χ1v) is 9.69. The molecule has 0 radical (unpaired) electrons. The Kier molecular flexibility index (Phi) is 4.75. The fourth-order valence-electron chi connectivity index (χ4n) is 3.66. The van der Waals surface area contributed by atoms with Crippen LogP contribution in [-0.2, 0) is 11.3 Å². The molecule has 1 aliphatic heterocycles. The summed E-state index contributed by atoms with van der Waals surface area (Å²) in [6.45, 7) is 8.90. The molecule has 28 heavy (non-hydrogen) atoms. The third-order valence-corrected chi connectivity index (χ3v) is 5.74. The maximum Gasteiger partial charge on any atom is 0.249 e. The molecule has 2 heterocycles. The van der Waals surface area contributed by atoms with Crippen LogP contribution >= 0.6 is 0 Å². The summed E-state index contributed by atoms with van der Waals surface area (Å²) in [5, 5.41) is 4.17. The van der Waals surface area contributed by atoms with E-state index < -0.39 is 0 Å². The third kappa shape index (κ3) is 3.44. The summed E-state index contributed by atoms with van der Waals surface area (Å²) < 4.78 is 5.58. The number of amides is 1. The maximum absolute atomic E-state index is 12.5. The Balaban J connectivity index is 1.59. The van der Waals surface area contributed by atoms with Crippen molar-refractivity contribution in [2.24, 2.45) is 0 Å². The van der Waals surface area contributed by atoms with E-state index in [0.717, 1.165) is 11.1 Å². The first-order chi connectivity index (χ1) is 13.4. The molecule has 1 fully saturated rings. The fourth-order valence-corrected chi connectivity index (χ4v) is 3.66. The molecule has 1 aromatic heterocycles. The zero-order valence-corrected chi connectivity index (χ0v) is 16.8. The van der Waals surface area contributed by atoms with Crippen molar-refractivity contribution in [1.29, 1.82) is 0 Å². The highest BCUT2D eigenvalue weighted by Gasteiger charge is 2.36. The van der Waals surface area contributed by atoms with Gasteiger partial charge in [0.15, 0.2) is 0 Å². The number of benzene rings is 2. The monoisotopic (exact) mass is 375 g/mol. The molecule has 144 valence electrons. The normalized spacial score (nSPS) is 16.8. The summed E-state index contributed by atoms with van der Waals surface area (Å²) in [5.41, 5.74) is 6.96. The van der Waals surface area contributed by atoms with E-state index in [1.165, 1.54) is 22.3 Å². The summed E-state index contributed by atoms with van der Waals surface area (Å²) in [5.74, 6) is 1.22. The molecule has 5 heteroatoms. The predicted molar refractivity (Wildman–Crippen MR) is 108 cm³/mol. The van der Waals surface area contributed by atoms with E-state index in [1.807, 2.05) is 11.0 Å². The van der Waals surface area contributed by atoms with Crippen LogP contribution in [0.15, 0.2) is 40.9 Å². The number of hydrogen-bond acceptors (Lipinski definition) is 4. The topological polar surface area (TPSA) is 59.2 Å². The van der Waals surface area contributed by atoms with Crippen molar-refractivity contribution in [3.63, 3.8) is 0 Å². The fraction of sp³-hybridized carbons (Fsp3) is 0.348. The molecular formula is C23H25N3O2. The zero-order chi connectivity index (χ0) is 19.8. The molecule has 3 aromatic rings. The molecule has 0 aliphatic carbocycles. The van der Waals surface area contributed by atoms with Gasteiger partial charge in [-0.05, 0) is 68.0 Å². The quantitative estimate of drug-likeness (QED) is 0.655. The molecule has 1 saturated heterocycles. The van der Waals surface area contributed by atoms with Crippen molar-refractivity contribution < 1.29 is 9.32 Å². The number of carbonyl (C=O) groups is 1. The summed E-state index contributed by atoms with van der Waals surface area (Å²) in [6, 6.07) is 12.3. The van der Waals surface area contributed by atoms with Crippen LogP contribution in [0.2, 0.25) is 0 Å². The van der Waals surface area contributed by atoms with Crippen molar-refractivity contribution in [2.75, 3.05) is 0 Å². The molecule has 4 rings (SSSR count). The summed E-state index contributed by atoms with van der Waals surface area (Å²) in [6.07, 6.45) is 1.22. The lowest BCUT2D eigenvalue weighted by Gasteiger charge is -2.22. The first-order valence-electron chi connectivity index (χ1n) is 9.69. The lowest BCUT2D eigenvalue weighted by atomic mass is 10.1. The van der Waals surface area contributed by atoms with Gasteiger partial charge in [-0.1, -0.05) is 35.5 Å². The minimum Gasteiger partial charge on any atom is -0.337 e. The molecule has 0 bridgehead atoms. The van der Waals surface area contributed by atoms with Gasteiger partial charge >= 0.3 is 0 Å². The van der Waals surface area contributed by atoms with Gasteiger partial charge in [0.05, 0.1) is 0 Å². The van der Waals surface area contributed by atoms with Gasteiger partial charge in [0.2, 0.25) is 17.6 Å². The first kappa shape index (κ1) is 18.4. The van der Waals surface area contributed by atoms with E-state index in [2.05, 4.69) is 68.2 Å². The van der Waals surface area contributed by atoms with E-state index in [4.69, 9.17) is 4.52 Å². The van der Waals surface area contributed by atoms with Crippen LogP contribution in [0.25, 0.3) is 11.4 Å². The Morgan fingerprint density at radius 1 is 1.00 bits per heavy atom. The number of hydrogen-bond donors (Lipinski definition) is 0. The Labute approximate surface area is 165 Å². The highest BCUT2D eigenvalue weighted by atomic mass is 16.5. The second kappa shape index (κ2) is 7.23. The molecule has 1 atom stereocenters. The van der Waals surface area contributed by atoms with E-state index >= 15 is 0 Å². The molecule has 0 spiro atoms. The Morgan fingerprint density at radius 2 is 1.71 bits per heavy atom. The number of likely N-dealkylation sites (tertiary alicyclic amines) is 1. The number of nitrogens with zero attached hydrogens (tertiary/aromatic N) is 3. The molecule has 1 amide bonds. The zero-order valence-electron chi connectivity index (χ0n) is 16.8. The molecule has 1 aliphatic rings. The predicted octanol–water partition coefficient (Wildman–Crippen LogP) is 4.83. The maximum atomic E-state index is 12.5. The van der Waals surface area contributed by atoms with Crippen LogP contribution in [0.3, 0.4) is 0 Å². The number of rotatable bonds is 4. The van der Waals surface area contributed by atoms with Gasteiger partial charge in [-0.3, -0.25) is 4.79 Å². The molecule has 1 unspecified atom stereocenters. The molecule has 0 N–H and O–H groups in total. The van der Waals surface area contributed by atoms with Gasteiger partial charge in [-0.2, -0.15) is 4.98 Å². The lowest BCUT2D eigenvalue weighted by molar-refractivity contribution is -0.129. The lowest BCUT2D eigenvalue weighted by Crippen LogP contribution is -2.27. The average molecular weight is 375 g/mol. The average Bonchev–Trinajstić information content (AvgIpc) is 3.28. The van der Waals surface area contributed by atoms with Crippen LogP contribution in [0.1, 0.15) is 52.6 Å². The van der Waals surface area contributed by atoms with Crippen LogP contribution in [-0.4, -0.2) is 20.9 Å². The standard InChI is InChI=1S/C23H25N3O2/c1-14-5-7-18(11-16(14)3)13-26-20(9-10-21(26)27)23-24-22(25-28-23)19-8-6-15(2)17(4)12-19/h5-8,11-12,20H,9-10,13H2,1-4H3. The van der Waals surface area contributed by atoms with E-state index in [-0.39, 0.29) is 11.9 Å². The molecule has 0 saturated carbocycles. The van der Waals surface area contributed by atoms with Crippen LogP contribution < -0.4 is 0 Å². The summed E-state index contributed by atoms with van der Waals surface area (Å²) in [7, 11) is 0. The minimum absolute atomic E-state index is 0.133. The van der Waals surface area contributed by atoms with Crippen LogP contribution in [0.5, 0.6) is 0 Å². The second-order valence-electron chi connectivity index (χ2n) is 7.75. The van der Waals surface area contributed by atoms with Crippen molar-refractivity contribution in [3.05, 3.63) is 70.1 Å². The van der Waals surface area contributed by atoms with Gasteiger partial charge in [0.1, 0.15) is 6.04 Å². The van der Waals surface area contributed by atoms with E-state index in [1.54, 1.807) is 0 Å². The Morgan fingerprint density at radius 3 is 2.43 bits per heavy atom. The van der Waals surface area contributed by atoms with Gasteiger partial charge in [0.25, 0.3) is 0 Å². The highest BCUT2D eigenvalue weighted by molar-refractivity contribution is 5.78. The number of aromatic nitrogens is 2. The van der Waals surface area contributed by atoms with Crippen LogP contribution in [0, 0.1) is 27.7 Å². The van der Waals surface area contributed by atoms with Gasteiger partial charge < -0.3 is 9.42 Å². The van der Waals surface area contributed by atoms with Gasteiger partial charge in [-0.15, -0.1) is 0 Å². The van der Waals surface area contributed by atoms with Crippen molar-refractivity contribution in [2.45, 2.75) is 53.1 Å². The second-order valence-corrected chi connectivity index (χ2v) is 7.75. The minimum atomic E-state index is -0.165. The van der Waals surface area contributed by atoms with Gasteiger partial charge in [0, 0.05) is 18.5 Å². The van der Waals surface area contributed by atoms with Crippen molar-refractivity contribution in [1.82, 2.24) is 15.0 Å². The van der Waals surface area contributed by atoms with Crippen molar-refractivity contribution in [3.8, 4) is 11.4 Å². The van der Waals surface area contributed by atoms with E-state index in [0.29, 0.717) is 31.1 Å². The third-order valence-electron chi connectivity index (χ3n) is 5.74. The summed E-state index contributed by atoms with van der Waals surface area (Å²) >= 11 is 0. The molecule has 2 aromatic carbocycles. The number of aryl methyl sites for hydroxylation is 4. The van der Waals surface area contributed by atoms with Gasteiger partial charge in [-0.25, -0.2) is 0 Å². The largest absolute Gasteiger partial charge is 0.337 e. The number of carbonyl (C=O) groups excluding carboxylic acids is 1. The van der Waals surface area contributed by atoms with Crippen LogP contribution in [0.4, 0.5) is 0 Å². The van der Waals surface area contributed by atoms with Crippen molar-refractivity contribution >= 4 is 5.91 Å².